The molecule has 0 bridgehead atoms. The van der Waals surface area contributed by atoms with Crippen molar-refractivity contribution in [3.63, 3.8) is 0 Å². The van der Waals surface area contributed by atoms with Gasteiger partial charge in [0, 0.05) is 0 Å². The second-order valence-electron chi connectivity index (χ2n) is 8.40. The van der Waals surface area contributed by atoms with E-state index in [1.165, 1.54) is 116 Å². The zero-order chi connectivity index (χ0) is 19.1. The summed E-state index contributed by atoms with van der Waals surface area (Å²) in [6.45, 7) is 10.2. The first-order chi connectivity index (χ1) is 12.8. The Hall–Kier alpha value is -0.260. The summed E-state index contributed by atoms with van der Waals surface area (Å²) in [5.74, 6) is 0.871. The molecule has 0 aliphatic heterocycles. The Bertz CT molecular complexity index is 265. The lowest BCUT2D eigenvalue weighted by Crippen LogP contribution is -1.92. The second kappa shape index (κ2) is 22.8. The number of allylic oxidation sites excluding steroid dienone is 2. The van der Waals surface area contributed by atoms with Crippen LogP contribution in [0.5, 0.6) is 0 Å². The van der Waals surface area contributed by atoms with Crippen LogP contribution in [0.4, 0.5) is 0 Å². The molecule has 0 spiro atoms. The topological polar surface area (TPSA) is 0 Å². The van der Waals surface area contributed by atoms with Crippen LogP contribution in [-0.2, 0) is 0 Å². The first kappa shape index (κ1) is 25.7. The molecule has 0 amide bonds. The summed E-state index contributed by atoms with van der Waals surface area (Å²) in [7, 11) is 0. The van der Waals surface area contributed by atoms with Crippen LogP contribution in [0, 0.1) is 19.8 Å². The fraction of sp³-hybridized carbons (Fsp3) is 0.846. The maximum atomic E-state index is 3.91. The standard InChI is InChI=1S/C26H50/c1-4-6-8-10-12-14-15-16-17-19-21-23-25-26(3)24-22-20-18-13-11-9-7-5-2/h20,22,26H,1-2,4-19,21,23-25H2,3H3. The van der Waals surface area contributed by atoms with Crippen LogP contribution < -0.4 is 0 Å². The Morgan fingerprint density at radius 3 is 1.46 bits per heavy atom. The first-order valence-electron chi connectivity index (χ1n) is 12.0. The maximum absolute atomic E-state index is 3.91. The summed E-state index contributed by atoms with van der Waals surface area (Å²) in [5.41, 5.74) is 0. The molecule has 0 nitrogen and oxygen atoms in total. The van der Waals surface area contributed by atoms with Crippen LogP contribution in [0.15, 0.2) is 12.2 Å². The van der Waals surface area contributed by atoms with E-state index >= 15 is 0 Å². The molecule has 0 aromatic rings. The van der Waals surface area contributed by atoms with Crippen LogP contribution in [0.3, 0.4) is 0 Å². The first-order valence-corrected chi connectivity index (χ1v) is 12.0. The molecule has 0 aliphatic carbocycles. The van der Waals surface area contributed by atoms with Gasteiger partial charge in [0.2, 0.25) is 0 Å². The summed E-state index contributed by atoms with van der Waals surface area (Å²) in [6.07, 6.45) is 32.2. The zero-order valence-corrected chi connectivity index (χ0v) is 18.3. The van der Waals surface area contributed by atoms with Crippen LogP contribution >= 0.6 is 0 Å². The Kier molecular flexibility index (Phi) is 22.6. The Labute approximate surface area is 167 Å². The van der Waals surface area contributed by atoms with E-state index in [0.29, 0.717) is 0 Å². The van der Waals surface area contributed by atoms with Crippen molar-refractivity contribution in [1.29, 1.82) is 0 Å². The van der Waals surface area contributed by atoms with E-state index in [-0.39, 0.29) is 0 Å². The van der Waals surface area contributed by atoms with E-state index in [4.69, 9.17) is 0 Å². The lowest BCUT2D eigenvalue weighted by molar-refractivity contribution is 0.482. The molecule has 0 saturated heterocycles. The summed E-state index contributed by atoms with van der Waals surface area (Å²) in [5, 5.41) is 0. The van der Waals surface area contributed by atoms with Crippen molar-refractivity contribution in [1.82, 2.24) is 0 Å². The molecule has 0 heteroatoms. The van der Waals surface area contributed by atoms with E-state index in [1.807, 2.05) is 0 Å². The molecular formula is C26H50. The van der Waals surface area contributed by atoms with Crippen molar-refractivity contribution >= 4 is 0 Å². The predicted molar refractivity (Wildman–Crippen MR) is 121 cm³/mol. The van der Waals surface area contributed by atoms with E-state index in [9.17, 15) is 0 Å². The van der Waals surface area contributed by atoms with Crippen molar-refractivity contribution < 1.29 is 0 Å². The zero-order valence-electron chi connectivity index (χ0n) is 18.3. The molecule has 0 aliphatic rings. The Balaban J connectivity index is 3.20. The van der Waals surface area contributed by atoms with Gasteiger partial charge in [-0.1, -0.05) is 142 Å². The van der Waals surface area contributed by atoms with Crippen molar-refractivity contribution in [2.45, 2.75) is 135 Å². The van der Waals surface area contributed by atoms with Gasteiger partial charge >= 0.3 is 0 Å². The number of rotatable bonds is 21. The molecule has 0 heterocycles. The molecule has 1 atom stereocenters. The lowest BCUT2D eigenvalue weighted by Gasteiger charge is -2.08. The van der Waals surface area contributed by atoms with Gasteiger partial charge in [0.25, 0.3) is 0 Å². The SMILES string of the molecule is [CH2]CCCCCCC=CCC(C)CCCCCCCCCCCCC[CH2]. The summed E-state index contributed by atoms with van der Waals surface area (Å²) >= 11 is 0. The highest BCUT2D eigenvalue weighted by Gasteiger charge is 2.00. The lowest BCUT2D eigenvalue weighted by atomic mass is 9.98. The molecule has 26 heavy (non-hydrogen) atoms. The van der Waals surface area contributed by atoms with E-state index in [2.05, 4.69) is 32.9 Å². The number of hydrogen-bond donors (Lipinski definition) is 0. The summed E-state index contributed by atoms with van der Waals surface area (Å²) in [4.78, 5) is 0. The average molecular weight is 363 g/mol. The molecular weight excluding hydrogens is 312 g/mol. The van der Waals surface area contributed by atoms with Crippen molar-refractivity contribution in [2.24, 2.45) is 5.92 Å². The third-order valence-corrected chi connectivity index (χ3v) is 5.52. The molecule has 0 N–H and O–H groups in total. The largest absolute Gasteiger partial charge is 0.0885 e. The molecule has 0 aromatic heterocycles. The monoisotopic (exact) mass is 362 g/mol. The van der Waals surface area contributed by atoms with E-state index < -0.39 is 0 Å². The van der Waals surface area contributed by atoms with Crippen LogP contribution in [0.1, 0.15) is 135 Å². The highest BCUT2D eigenvalue weighted by atomic mass is 14.1. The molecule has 0 aromatic carbocycles. The Morgan fingerprint density at radius 1 is 0.538 bits per heavy atom. The average Bonchev–Trinajstić information content (AvgIpc) is 2.65. The maximum Gasteiger partial charge on any atom is -0.0325 e. The quantitative estimate of drug-likeness (QED) is 0.141. The van der Waals surface area contributed by atoms with Crippen LogP contribution in [-0.4, -0.2) is 0 Å². The van der Waals surface area contributed by atoms with Crippen molar-refractivity contribution in [3.8, 4) is 0 Å². The second-order valence-corrected chi connectivity index (χ2v) is 8.40. The summed E-state index contributed by atoms with van der Waals surface area (Å²) in [6, 6.07) is 0. The van der Waals surface area contributed by atoms with Crippen LogP contribution in [0.2, 0.25) is 0 Å². The molecule has 1 unspecified atom stereocenters. The van der Waals surface area contributed by atoms with Crippen molar-refractivity contribution in [3.05, 3.63) is 26.0 Å². The van der Waals surface area contributed by atoms with E-state index in [1.54, 1.807) is 0 Å². The van der Waals surface area contributed by atoms with Gasteiger partial charge in [-0.15, -0.1) is 0 Å². The molecule has 0 saturated carbocycles. The van der Waals surface area contributed by atoms with Gasteiger partial charge in [0.1, 0.15) is 0 Å². The predicted octanol–water partition coefficient (Wildman–Crippen LogP) is 9.65. The minimum absolute atomic E-state index is 0.871. The van der Waals surface area contributed by atoms with Gasteiger partial charge < -0.3 is 0 Å². The third kappa shape index (κ3) is 21.8. The Morgan fingerprint density at radius 2 is 0.962 bits per heavy atom. The number of hydrogen-bond acceptors (Lipinski definition) is 0. The van der Waals surface area contributed by atoms with Crippen molar-refractivity contribution in [2.75, 3.05) is 0 Å². The number of unbranched alkanes of at least 4 members (excludes halogenated alkanes) is 16. The minimum Gasteiger partial charge on any atom is -0.0885 e. The molecule has 0 fully saturated rings. The smallest absolute Gasteiger partial charge is 0.0325 e. The van der Waals surface area contributed by atoms with Gasteiger partial charge in [-0.25, -0.2) is 0 Å². The van der Waals surface area contributed by atoms with Crippen LogP contribution in [0.25, 0.3) is 0 Å². The molecule has 2 radical (unpaired) electrons. The van der Waals surface area contributed by atoms with Gasteiger partial charge in [-0.2, -0.15) is 0 Å². The molecule has 154 valence electrons. The minimum atomic E-state index is 0.871. The van der Waals surface area contributed by atoms with E-state index in [0.717, 1.165) is 18.8 Å². The van der Waals surface area contributed by atoms with Gasteiger partial charge in [0.15, 0.2) is 0 Å². The molecule has 0 rings (SSSR count). The normalized spacial score (nSPS) is 12.9. The van der Waals surface area contributed by atoms with Gasteiger partial charge in [0.05, 0.1) is 0 Å². The highest BCUT2D eigenvalue weighted by Crippen LogP contribution is 2.16. The third-order valence-electron chi connectivity index (χ3n) is 5.52. The highest BCUT2D eigenvalue weighted by molar-refractivity contribution is 4.83. The fourth-order valence-electron chi connectivity index (χ4n) is 3.62. The fourth-order valence-corrected chi connectivity index (χ4v) is 3.62. The summed E-state index contributed by atoms with van der Waals surface area (Å²) < 4.78 is 0. The van der Waals surface area contributed by atoms with Gasteiger partial charge in [-0.3, -0.25) is 0 Å². The van der Waals surface area contributed by atoms with Gasteiger partial charge in [-0.05, 0) is 25.2 Å².